The number of nitrogens with one attached hydrogen (secondary N) is 3. The van der Waals surface area contributed by atoms with Crippen LogP contribution < -0.4 is 10.1 Å². The Bertz CT molecular complexity index is 2060. The third kappa shape index (κ3) is 5.92. The van der Waals surface area contributed by atoms with Crippen molar-refractivity contribution in [3.8, 4) is 5.75 Å². The predicted octanol–water partition coefficient (Wildman–Crippen LogP) is 6.19. The lowest BCUT2D eigenvalue weighted by Crippen LogP contribution is -2.33. The SMILES string of the molecule is COc1ccc(Cn2c(CCc3c[nH]c4ccccc34)nnc2[C@H](Cc2c[nH]c3ccccc23)NC(=O)c2ccccn2)cc1. The number of rotatable bonds is 11. The minimum Gasteiger partial charge on any atom is -0.497 e. The van der Waals surface area contributed by atoms with Gasteiger partial charge in [0.1, 0.15) is 17.3 Å². The zero-order chi connectivity index (χ0) is 30.6. The molecule has 4 aromatic heterocycles. The molecule has 0 saturated heterocycles. The molecule has 0 aliphatic carbocycles. The number of amides is 1. The number of aromatic nitrogens is 6. The number of H-pyrrole nitrogens is 2. The van der Waals surface area contributed by atoms with Crippen molar-refractivity contribution < 1.29 is 9.53 Å². The molecule has 7 aromatic rings. The molecule has 1 amide bonds. The van der Waals surface area contributed by atoms with E-state index in [2.05, 4.69) is 61.4 Å². The molecule has 7 rings (SSSR count). The van der Waals surface area contributed by atoms with Crippen LogP contribution in [-0.4, -0.2) is 42.7 Å². The highest BCUT2D eigenvalue weighted by atomic mass is 16.5. The lowest BCUT2D eigenvalue weighted by molar-refractivity contribution is 0.0929. The molecule has 0 radical (unpaired) electrons. The first kappa shape index (κ1) is 28.1. The third-order valence-electron chi connectivity index (χ3n) is 8.26. The van der Waals surface area contributed by atoms with Crippen LogP contribution in [0.25, 0.3) is 21.8 Å². The van der Waals surface area contributed by atoms with Crippen LogP contribution in [0.15, 0.2) is 110 Å². The lowest BCUT2D eigenvalue weighted by Gasteiger charge is -2.20. The van der Waals surface area contributed by atoms with Crippen LogP contribution in [0, 0.1) is 0 Å². The molecule has 0 spiro atoms. The first-order valence-electron chi connectivity index (χ1n) is 15.0. The molecule has 9 nitrogen and oxygen atoms in total. The Morgan fingerprint density at radius 3 is 2.22 bits per heavy atom. The number of hydrogen-bond acceptors (Lipinski definition) is 5. The number of benzene rings is 3. The molecule has 3 aromatic carbocycles. The summed E-state index contributed by atoms with van der Waals surface area (Å²) in [6.07, 6.45) is 7.69. The van der Waals surface area contributed by atoms with Crippen molar-refractivity contribution in [3.63, 3.8) is 0 Å². The van der Waals surface area contributed by atoms with E-state index in [-0.39, 0.29) is 5.91 Å². The molecular formula is C36H33N7O2. The first-order chi connectivity index (χ1) is 22.2. The number of aryl methyl sites for hydroxylation is 2. The normalized spacial score (nSPS) is 12.0. The van der Waals surface area contributed by atoms with Gasteiger partial charge in [-0.3, -0.25) is 9.78 Å². The van der Waals surface area contributed by atoms with E-state index in [4.69, 9.17) is 14.9 Å². The van der Waals surface area contributed by atoms with Gasteiger partial charge in [0, 0.05) is 53.2 Å². The van der Waals surface area contributed by atoms with Crippen molar-refractivity contribution in [3.05, 3.63) is 144 Å². The van der Waals surface area contributed by atoms with Crippen molar-refractivity contribution >= 4 is 27.7 Å². The van der Waals surface area contributed by atoms with E-state index in [0.717, 1.165) is 45.5 Å². The van der Waals surface area contributed by atoms with Gasteiger partial charge in [0.05, 0.1) is 19.7 Å². The zero-order valence-electron chi connectivity index (χ0n) is 24.9. The van der Waals surface area contributed by atoms with Gasteiger partial charge in [0.15, 0.2) is 5.82 Å². The monoisotopic (exact) mass is 595 g/mol. The molecule has 224 valence electrons. The summed E-state index contributed by atoms with van der Waals surface area (Å²) < 4.78 is 7.54. The van der Waals surface area contributed by atoms with Gasteiger partial charge in [-0.15, -0.1) is 10.2 Å². The molecule has 1 atom stereocenters. The lowest BCUT2D eigenvalue weighted by atomic mass is 10.0. The second kappa shape index (κ2) is 12.5. The number of nitrogens with zero attached hydrogens (tertiary/aromatic N) is 4. The van der Waals surface area contributed by atoms with Crippen molar-refractivity contribution in [2.75, 3.05) is 7.11 Å². The molecule has 0 unspecified atom stereocenters. The van der Waals surface area contributed by atoms with Crippen molar-refractivity contribution in [1.82, 2.24) is 35.0 Å². The minimum absolute atomic E-state index is 0.264. The van der Waals surface area contributed by atoms with Gasteiger partial charge in [-0.1, -0.05) is 54.6 Å². The summed E-state index contributed by atoms with van der Waals surface area (Å²) in [5.41, 5.74) is 5.89. The maximum atomic E-state index is 13.5. The maximum Gasteiger partial charge on any atom is 0.270 e. The van der Waals surface area contributed by atoms with Gasteiger partial charge in [0.25, 0.3) is 5.91 Å². The summed E-state index contributed by atoms with van der Waals surface area (Å²) in [5.74, 6) is 2.07. The highest BCUT2D eigenvalue weighted by molar-refractivity contribution is 5.92. The average molecular weight is 596 g/mol. The van der Waals surface area contributed by atoms with Crippen LogP contribution in [-0.2, 0) is 25.8 Å². The Morgan fingerprint density at radius 2 is 1.51 bits per heavy atom. The largest absolute Gasteiger partial charge is 0.497 e. The van der Waals surface area contributed by atoms with Crippen molar-refractivity contribution in [2.24, 2.45) is 0 Å². The van der Waals surface area contributed by atoms with Gasteiger partial charge in [0.2, 0.25) is 0 Å². The van der Waals surface area contributed by atoms with Gasteiger partial charge >= 0.3 is 0 Å². The standard InChI is InChI=1S/C36H33N7O2/c1-45-27-16-13-24(14-17-27)23-43-34(18-15-25-21-38-30-10-4-2-8-28(25)30)41-42-35(43)33(40-36(44)32-12-6-7-19-37-32)20-26-22-39-31-11-5-3-9-29(26)31/h2-14,16-17,19,21-22,33,38-39H,15,18,20,23H2,1H3,(H,40,44)/t33-/m0/s1. The Labute approximate surface area is 260 Å². The number of pyridine rings is 1. The topological polar surface area (TPSA) is 114 Å². The van der Waals surface area contributed by atoms with Crippen LogP contribution in [0.3, 0.4) is 0 Å². The number of aromatic amines is 2. The van der Waals surface area contributed by atoms with E-state index in [1.807, 2.05) is 54.7 Å². The summed E-state index contributed by atoms with van der Waals surface area (Å²) in [6, 6.07) is 29.4. The Hall–Kier alpha value is -5.70. The number of fused-ring (bicyclic) bond motifs is 2. The molecular weight excluding hydrogens is 562 g/mol. The molecule has 45 heavy (non-hydrogen) atoms. The molecule has 9 heteroatoms. The fourth-order valence-corrected chi connectivity index (χ4v) is 5.92. The van der Waals surface area contributed by atoms with Gasteiger partial charge in [-0.05, 0) is 59.5 Å². The van der Waals surface area contributed by atoms with Crippen LogP contribution >= 0.6 is 0 Å². The molecule has 0 aliphatic rings. The Kier molecular flexibility index (Phi) is 7.80. The summed E-state index contributed by atoms with van der Waals surface area (Å²) in [7, 11) is 1.66. The fraction of sp³-hybridized carbons (Fsp3) is 0.167. The number of carbonyl (C=O) groups is 1. The molecule has 0 aliphatic heterocycles. The van der Waals surface area contributed by atoms with E-state index < -0.39 is 6.04 Å². The summed E-state index contributed by atoms with van der Waals surface area (Å²) in [5, 5.41) is 15.0. The predicted molar refractivity (Wildman–Crippen MR) is 174 cm³/mol. The summed E-state index contributed by atoms with van der Waals surface area (Å²) in [6.45, 7) is 0.541. The highest BCUT2D eigenvalue weighted by Gasteiger charge is 2.26. The maximum absolute atomic E-state index is 13.5. The molecule has 4 heterocycles. The first-order valence-corrected chi connectivity index (χ1v) is 15.0. The summed E-state index contributed by atoms with van der Waals surface area (Å²) >= 11 is 0. The van der Waals surface area contributed by atoms with Crippen molar-refractivity contribution in [2.45, 2.75) is 31.8 Å². The van der Waals surface area contributed by atoms with E-state index >= 15 is 0 Å². The zero-order valence-corrected chi connectivity index (χ0v) is 24.9. The number of para-hydroxylation sites is 2. The van der Waals surface area contributed by atoms with E-state index in [9.17, 15) is 4.79 Å². The van der Waals surface area contributed by atoms with E-state index in [0.29, 0.717) is 30.9 Å². The Balaban J connectivity index is 1.27. The second-order valence-electron chi connectivity index (χ2n) is 11.1. The van der Waals surface area contributed by atoms with Crippen LogP contribution in [0.5, 0.6) is 5.75 Å². The molecule has 0 bridgehead atoms. The number of carbonyl (C=O) groups excluding carboxylic acids is 1. The molecule has 0 saturated carbocycles. The number of hydrogen-bond donors (Lipinski definition) is 3. The van der Waals surface area contributed by atoms with Gasteiger partial charge in [-0.2, -0.15) is 0 Å². The minimum atomic E-state index is -0.466. The van der Waals surface area contributed by atoms with Crippen LogP contribution in [0.4, 0.5) is 0 Å². The van der Waals surface area contributed by atoms with Crippen LogP contribution in [0.1, 0.15) is 44.9 Å². The van der Waals surface area contributed by atoms with Crippen LogP contribution in [0.2, 0.25) is 0 Å². The fourth-order valence-electron chi connectivity index (χ4n) is 5.92. The number of methoxy groups -OCH3 is 1. The molecule has 0 fully saturated rings. The van der Waals surface area contributed by atoms with Gasteiger partial charge < -0.3 is 24.6 Å². The molecule has 3 N–H and O–H groups in total. The highest BCUT2D eigenvalue weighted by Crippen LogP contribution is 2.27. The quantitative estimate of drug-likeness (QED) is 0.165. The average Bonchev–Trinajstić information content (AvgIpc) is 3.81. The second-order valence-corrected chi connectivity index (χ2v) is 11.1. The number of ether oxygens (including phenoxy) is 1. The smallest absolute Gasteiger partial charge is 0.270 e. The Morgan fingerprint density at radius 1 is 0.822 bits per heavy atom. The third-order valence-corrected chi connectivity index (χ3v) is 8.26. The summed E-state index contributed by atoms with van der Waals surface area (Å²) in [4.78, 5) is 24.6. The van der Waals surface area contributed by atoms with Crippen molar-refractivity contribution in [1.29, 1.82) is 0 Å². The van der Waals surface area contributed by atoms with E-state index in [1.165, 1.54) is 10.9 Å². The van der Waals surface area contributed by atoms with Gasteiger partial charge in [-0.25, -0.2) is 0 Å². The van der Waals surface area contributed by atoms with E-state index in [1.54, 1.807) is 25.4 Å².